The van der Waals surface area contributed by atoms with E-state index in [1.807, 2.05) is 0 Å². The lowest BCUT2D eigenvalue weighted by molar-refractivity contribution is -0.114. The molecule has 55 heavy (non-hydrogen) atoms. The second-order valence-electron chi connectivity index (χ2n) is 11.0. The Morgan fingerprint density at radius 1 is 0.745 bits per heavy atom. The van der Waals surface area contributed by atoms with Gasteiger partial charge in [-0.3, -0.25) is 18.5 Å². The zero-order chi connectivity index (χ0) is 40.3. The molecular weight excluding hydrogens is 832 g/mol. The molecule has 5 rings (SSSR count). The van der Waals surface area contributed by atoms with Gasteiger partial charge in [0.2, 0.25) is 23.1 Å². The largest absolute Gasteiger partial charge is 0.397 e. The number of hydrogen-bond acceptors (Lipinski definition) is 17. The Hall–Kier alpha value is -5.25. The first-order chi connectivity index (χ1) is 25.6. The van der Waals surface area contributed by atoms with Gasteiger partial charge in [0.05, 0.1) is 28.6 Å². The van der Waals surface area contributed by atoms with Crippen molar-refractivity contribution in [1.82, 2.24) is 15.0 Å². The van der Waals surface area contributed by atoms with Gasteiger partial charge in [-0.1, -0.05) is 12.1 Å². The molecule has 0 bridgehead atoms. The van der Waals surface area contributed by atoms with Gasteiger partial charge in [0, 0.05) is 29.1 Å². The first kappa shape index (κ1) is 40.9. The third-order valence-electron chi connectivity index (χ3n) is 6.96. The van der Waals surface area contributed by atoms with E-state index in [0.717, 1.165) is 18.2 Å². The van der Waals surface area contributed by atoms with Gasteiger partial charge in [0.25, 0.3) is 20.2 Å². The number of carbonyl (C=O) groups excluding carboxylic acids is 1. The second kappa shape index (κ2) is 15.8. The second-order valence-corrected chi connectivity index (χ2v) is 17.3. The fraction of sp³-hybridized carbons (Fsp3) is 0.103. The minimum atomic E-state index is -4.92. The Kier molecular flexibility index (Phi) is 11.8. The Bertz CT molecular complexity index is 2810. The number of nitrogens with zero attached hydrogens (tertiary/aromatic N) is 5. The molecule has 0 spiro atoms. The standard InChI is InChI=1S/C29H25ClN8O13S4/c1-16(39)31-24-14-18(7-10-23(24)38-37-19-13-22-21(26(15-19)54(45,46)47)3-2-4-25(22)53(42,43)44)33-29-35-27(30)34-28(36-29)32-17-5-8-20(9-6-17)52(40,41)12-11-51-55(48,49)50/h2-10,13-15H,11-12H2,1H3,(H,31,39)(H,42,43,44)(H,45,46,47)(H,48,49,50)(H2,32,33,34,35,36)/b38-37+. The third-order valence-corrected chi connectivity index (χ3v) is 11.1. The van der Waals surface area contributed by atoms with Crippen LogP contribution in [-0.2, 0) is 49.5 Å². The van der Waals surface area contributed by atoms with Crippen LogP contribution in [0, 0.1) is 0 Å². The van der Waals surface area contributed by atoms with Crippen LogP contribution >= 0.6 is 11.6 Å². The third kappa shape index (κ3) is 10.9. The molecule has 1 heterocycles. The van der Waals surface area contributed by atoms with E-state index in [0.29, 0.717) is 5.69 Å². The number of carbonyl (C=O) groups is 1. The first-order valence-electron chi connectivity index (χ1n) is 14.8. The van der Waals surface area contributed by atoms with Gasteiger partial charge >= 0.3 is 10.4 Å². The van der Waals surface area contributed by atoms with Crippen LogP contribution in [0.25, 0.3) is 10.8 Å². The predicted molar refractivity (Wildman–Crippen MR) is 196 cm³/mol. The quantitative estimate of drug-likeness (QED) is 0.0655. The Morgan fingerprint density at radius 2 is 1.36 bits per heavy atom. The fourth-order valence-electron chi connectivity index (χ4n) is 4.74. The van der Waals surface area contributed by atoms with E-state index in [-0.39, 0.29) is 55.6 Å². The van der Waals surface area contributed by atoms with E-state index < -0.39 is 68.5 Å². The minimum Gasteiger partial charge on any atom is -0.324 e. The van der Waals surface area contributed by atoms with Crippen molar-refractivity contribution in [2.75, 3.05) is 28.3 Å². The van der Waals surface area contributed by atoms with Gasteiger partial charge in [0.1, 0.15) is 15.5 Å². The molecule has 4 aromatic carbocycles. The molecule has 0 aliphatic heterocycles. The SMILES string of the molecule is CC(=O)Nc1cc(Nc2nc(Cl)nc(Nc3ccc(S(=O)(=O)CCOS(=O)(=O)O)cc3)n2)ccc1/N=N/c1cc(S(=O)(=O)O)c2cccc(S(=O)(=O)O)c2c1. The summed E-state index contributed by atoms with van der Waals surface area (Å²) in [7, 11) is -18.5. The number of benzene rings is 4. The van der Waals surface area contributed by atoms with Crippen LogP contribution in [-0.4, -0.2) is 80.5 Å². The van der Waals surface area contributed by atoms with E-state index in [4.69, 9.17) is 16.2 Å². The van der Waals surface area contributed by atoms with Crippen molar-refractivity contribution in [2.24, 2.45) is 10.2 Å². The molecule has 0 saturated heterocycles. The summed E-state index contributed by atoms with van der Waals surface area (Å²) < 4.78 is 127. The Morgan fingerprint density at radius 3 is 1.96 bits per heavy atom. The van der Waals surface area contributed by atoms with Crippen molar-refractivity contribution in [2.45, 2.75) is 21.6 Å². The van der Waals surface area contributed by atoms with E-state index in [1.165, 1.54) is 61.5 Å². The molecule has 0 fully saturated rings. The molecular formula is C29H25ClN8O13S4. The highest BCUT2D eigenvalue weighted by Crippen LogP contribution is 2.36. The Balaban J connectivity index is 1.39. The number of azo groups is 1. The smallest absolute Gasteiger partial charge is 0.324 e. The lowest BCUT2D eigenvalue weighted by Gasteiger charge is -2.12. The molecule has 1 amide bonds. The number of hydrogen-bond donors (Lipinski definition) is 6. The summed E-state index contributed by atoms with van der Waals surface area (Å²) in [6.07, 6.45) is 0. The monoisotopic (exact) mass is 856 g/mol. The van der Waals surface area contributed by atoms with E-state index in [1.54, 1.807) is 0 Å². The number of rotatable bonds is 14. The number of halogens is 1. The Labute approximate surface area is 317 Å². The van der Waals surface area contributed by atoms with Crippen LogP contribution in [0.2, 0.25) is 5.28 Å². The molecule has 290 valence electrons. The molecule has 26 heteroatoms. The maximum Gasteiger partial charge on any atom is 0.397 e. The maximum atomic E-state index is 12.5. The highest BCUT2D eigenvalue weighted by Gasteiger charge is 2.22. The van der Waals surface area contributed by atoms with Crippen molar-refractivity contribution < 1.29 is 56.3 Å². The van der Waals surface area contributed by atoms with Crippen molar-refractivity contribution in [3.05, 3.63) is 78.1 Å². The molecule has 0 aliphatic rings. The number of nitrogens with one attached hydrogen (secondary N) is 3. The topological polar surface area (TPSA) is 323 Å². The molecule has 0 radical (unpaired) electrons. The maximum absolute atomic E-state index is 12.5. The van der Waals surface area contributed by atoms with Crippen molar-refractivity contribution in [3.63, 3.8) is 0 Å². The number of anilines is 5. The van der Waals surface area contributed by atoms with Crippen LogP contribution in [0.1, 0.15) is 6.92 Å². The van der Waals surface area contributed by atoms with E-state index in [9.17, 15) is 47.6 Å². The van der Waals surface area contributed by atoms with Crippen LogP contribution < -0.4 is 16.0 Å². The van der Waals surface area contributed by atoms with Gasteiger partial charge < -0.3 is 16.0 Å². The minimum absolute atomic E-state index is 0.0322. The molecule has 0 aliphatic carbocycles. The summed E-state index contributed by atoms with van der Waals surface area (Å²) in [5.41, 5.74) is 0.459. The van der Waals surface area contributed by atoms with E-state index in [2.05, 4.69) is 45.3 Å². The number of aromatic nitrogens is 3. The van der Waals surface area contributed by atoms with E-state index >= 15 is 0 Å². The molecule has 1 aromatic heterocycles. The molecule has 0 saturated carbocycles. The lowest BCUT2D eigenvalue weighted by Crippen LogP contribution is -2.15. The molecule has 0 atom stereocenters. The molecule has 21 nitrogen and oxygen atoms in total. The molecule has 6 N–H and O–H groups in total. The first-order valence-corrected chi connectivity index (χ1v) is 21.1. The average molecular weight is 857 g/mol. The lowest BCUT2D eigenvalue weighted by atomic mass is 10.1. The van der Waals surface area contributed by atoms with Crippen LogP contribution in [0.4, 0.5) is 40.3 Å². The summed E-state index contributed by atoms with van der Waals surface area (Å²) in [4.78, 5) is 22.7. The van der Waals surface area contributed by atoms with Crippen molar-refractivity contribution >= 4 is 109 Å². The number of sulfone groups is 1. The van der Waals surface area contributed by atoms with Crippen LogP contribution in [0.3, 0.4) is 0 Å². The molecule has 0 unspecified atom stereocenters. The van der Waals surface area contributed by atoms with Crippen molar-refractivity contribution in [3.8, 4) is 0 Å². The van der Waals surface area contributed by atoms with Crippen LogP contribution in [0.15, 0.2) is 97.7 Å². The highest BCUT2D eigenvalue weighted by atomic mass is 35.5. The number of fused-ring (bicyclic) bond motifs is 1. The summed E-state index contributed by atoms with van der Waals surface area (Å²) in [5.74, 6) is -1.42. The van der Waals surface area contributed by atoms with Gasteiger partial charge in [-0.2, -0.15) is 45.3 Å². The predicted octanol–water partition coefficient (Wildman–Crippen LogP) is 4.63. The van der Waals surface area contributed by atoms with Crippen LogP contribution in [0.5, 0.6) is 0 Å². The summed E-state index contributed by atoms with van der Waals surface area (Å²) in [6, 6.07) is 14.9. The van der Waals surface area contributed by atoms with Gasteiger partial charge in [0.15, 0.2) is 9.84 Å². The fourth-order valence-corrected chi connectivity index (χ4v) is 7.81. The number of amides is 1. The summed E-state index contributed by atoms with van der Waals surface area (Å²) >= 11 is 6.10. The zero-order valence-corrected chi connectivity index (χ0v) is 31.5. The van der Waals surface area contributed by atoms with Crippen molar-refractivity contribution in [1.29, 1.82) is 0 Å². The van der Waals surface area contributed by atoms with Gasteiger partial charge in [-0.15, -0.1) is 5.11 Å². The van der Waals surface area contributed by atoms with Gasteiger partial charge in [-0.25, -0.2) is 12.6 Å². The normalized spacial score (nSPS) is 12.5. The molecule has 5 aromatic rings. The highest BCUT2D eigenvalue weighted by molar-refractivity contribution is 7.91. The van der Waals surface area contributed by atoms with Gasteiger partial charge in [-0.05, 0) is 72.3 Å². The zero-order valence-electron chi connectivity index (χ0n) is 27.5. The summed E-state index contributed by atoms with van der Waals surface area (Å²) in [5, 5.41) is 15.6. The summed E-state index contributed by atoms with van der Waals surface area (Å²) in [6.45, 7) is 0.414. The average Bonchev–Trinajstić information content (AvgIpc) is 3.05.